The van der Waals surface area contributed by atoms with Crippen LogP contribution in [0.5, 0.6) is 0 Å². The van der Waals surface area contributed by atoms with Gasteiger partial charge in [-0.3, -0.25) is 9.11 Å². The van der Waals surface area contributed by atoms with Crippen LogP contribution in [0.15, 0.2) is 0 Å². The van der Waals surface area contributed by atoms with Crippen LogP contribution in [-0.2, 0) is 29.2 Å². The second kappa shape index (κ2) is 7.22. The van der Waals surface area contributed by atoms with E-state index in [1.54, 1.807) is 0 Å². The summed E-state index contributed by atoms with van der Waals surface area (Å²) in [7, 11) is -9.10. The van der Waals surface area contributed by atoms with Gasteiger partial charge < -0.3 is 0 Å². The quantitative estimate of drug-likeness (QED) is 0.334. The van der Waals surface area contributed by atoms with Crippen LogP contribution in [0.2, 0.25) is 0 Å². The molecule has 0 saturated heterocycles. The molecule has 84 valence electrons. The van der Waals surface area contributed by atoms with Crippen molar-refractivity contribution in [2.45, 2.75) is 0 Å². The van der Waals surface area contributed by atoms with Gasteiger partial charge in [-0.1, -0.05) is 11.8 Å². The topological polar surface area (TPSA) is 127 Å². The molecule has 0 saturated carbocycles. The number of rotatable bonds is 4. The number of hydrogen-bond acceptors (Lipinski definition) is 6. The fourth-order valence-electron chi connectivity index (χ4n) is 0.310. The molecule has 0 rings (SSSR count). The zero-order chi connectivity index (χ0) is 11.2. The average Bonchev–Trinajstić information content (AvgIpc) is 1.92. The Balaban J connectivity index is 0. The van der Waals surface area contributed by atoms with Gasteiger partial charge in [-0.2, -0.15) is 16.8 Å². The van der Waals surface area contributed by atoms with Crippen molar-refractivity contribution in [2.24, 2.45) is 0 Å². The second-order valence-electron chi connectivity index (χ2n) is 1.73. The summed E-state index contributed by atoms with van der Waals surface area (Å²) in [6.07, 6.45) is 0. The van der Waals surface area contributed by atoms with E-state index < -0.39 is 34.0 Å². The summed E-state index contributed by atoms with van der Waals surface area (Å²) in [6.45, 7) is -1.29. The van der Waals surface area contributed by atoms with Crippen molar-refractivity contribution in [3.63, 3.8) is 0 Å². The van der Waals surface area contributed by atoms with Crippen molar-refractivity contribution in [3.05, 3.63) is 0 Å². The van der Waals surface area contributed by atoms with Crippen LogP contribution in [0.25, 0.3) is 0 Å². The second-order valence-corrected chi connectivity index (χ2v) is 3.92. The van der Waals surface area contributed by atoms with E-state index in [0.717, 1.165) is 0 Å². The maximum absolute atomic E-state index is 9.92. The van der Waals surface area contributed by atoms with Crippen molar-refractivity contribution in [3.8, 4) is 11.8 Å². The van der Waals surface area contributed by atoms with Crippen molar-refractivity contribution in [2.75, 3.05) is 13.2 Å². The van der Waals surface area contributed by atoms with Gasteiger partial charge in [0.1, 0.15) is 13.2 Å². The normalized spacial score (nSPS) is 11.1. The first-order valence-corrected chi connectivity index (χ1v) is 5.63. The Morgan fingerprint density at radius 1 is 0.867 bits per heavy atom. The van der Waals surface area contributed by atoms with Crippen molar-refractivity contribution in [1.29, 1.82) is 0 Å². The molecule has 0 atom stereocenters. The van der Waals surface area contributed by atoms with Crippen molar-refractivity contribution in [1.82, 2.24) is 0 Å². The fraction of sp³-hybridized carbons (Fsp3) is 0.500. The standard InChI is InChI=1S/C4H6O8S2.Li.H/c5-13(6,7)11-3-1-2-4-12-14(8,9)10;;/h3-4H2,(H,5,6,7)(H,8,9,10);;. The molecule has 8 nitrogen and oxygen atoms in total. The molecule has 0 aromatic heterocycles. The molecule has 0 amide bonds. The van der Waals surface area contributed by atoms with Gasteiger partial charge in [0.15, 0.2) is 0 Å². The van der Waals surface area contributed by atoms with Crippen LogP contribution in [0.4, 0.5) is 0 Å². The van der Waals surface area contributed by atoms with E-state index in [1.165, 1.54) is 0 Å². The Hall–Kier alpha value is -0.103. The van der Waals surface area contributed by atoms with Gasteiger partial charge in [0.05, 0.1) is 0 Å². The first kappa shape index (κ1) is 17.3. The van der Waals surface area contributed by atoms with Gasteiger partial charge in [0.2, 0.25) is 0 Å². The summed E-state index contributed by atoms with van der Waals surface area (Å²) in [5, 5.41) is 0. The van der Waals surface area contributed by atoms with E-state index in [4.69, 9.17) is 9.11 Å². The third-order valence-electron chi connectivity index (χ3n) is 0.685. The Bertz CT molecular complexity index is 385. The Morgan fingerprint density at radius 3 is 1.33 bits per heavy atom. The molecule has 15 heavy (non-hydrogen) atoms. The molecule has 0 aliphatic carbocycles. The molecule has 0 fully saturated rings. The Labute approximate surface area is 99.0 Å². The van der Waals surface area contributed by atoms with E-state index in [0.29, 0.717) is 0 Å². The summed E-state index contributed by atoms with van der Waals surface area (Å²) in [5.74, 6) is 4.01. The molecule has 0 aromatic rings. The molecule has 0 radical (unpaired) electrons. The minimum atomic E-state index is -4.55. The number of hydrogen-bond donors (Lipinski definition) is 2. The van der Waals surface area contributed by atoms with Crippen LogP contribution in [0, 0.1) is 11.8 Å². The molecule has 0 aliphatic rings. The molecule has 11 heteroatoms. The van der Waals surface area contributed by atoms with Crippen LogP contribution in [0.3, 0.4) is 0 Å². The van der Waals surface area contributed by atoms with E-state index in [1.807, 2.05) is 11.8 Å². The summed E-state index contributed by atoms with van der Waals surface area (Å²) in [4.78, 5) is 0. The van der Waals surface area contributed by atoms with Crippen LogP contribution in [-0.4, -0.2) is 58.0 Å². The Kier molecular flexibility index (Phi) is 8.32. The average molecular weight is 254 g/mol. The van der Waals surface area contributed by atoms with Gasteiger partial charge in [-0.15, -0.1) is 0 Å². The minimum absolute atomic E-state index is 0. The molecule has 2 N–H and O–H groups in total. The third kappa shape index (κ3) is 16.6. The van der Waals surface area contributed by atoms with E-state index in [9.17, 15) is 16.8 Å². The van der Waals surface area contributed by atoms with Crippen LogP contribution < -0.4 is 0 Å². The zero-order valence-corrected chi connectivity index (χ0v) is 8.21. The SMILES string of the molecule is O=S(=O)(O)OCC#CCOS(=O)(=O)O.[LiH]. The van der Waals surface area contributed by atoms with E-state index in [-0.39, 0.29) is 18.9 Å². The monoisotopic (exact) mass is 254 g/mol. The molecule has 0 aromatic carbocycles. The molecular formula is C4H7LiO8S2. The van der Waals surface area contributed by atoms with E-state index >= 15 is 0 Å². The molecule has 0 heterocycles. The first-order chi connectivity index (χ1) is 6.21. The summed E-state index contributed by atoms with van der Waals surface area (Å²) < 4.78 is 63.2. The molecule has 0 unspecified atom stereocenters. The van der Waals surface area contributed by atoms with Gasteiger partial charge in [-0.25, -0.2) is 8.37 Å². The van der Waals surface area contributed by atoms with Crippen LogP contribution in [0.1, 0.15) is 0 Å². The molecule has 0 bridgehead atoms. The third-order valence-corrected chi connectivity index (χ3v) is 1.52. The van der Waals surface area contributed by atoms with Gasteiger partial charge in [-0.05, 0) is 0 Å². The van der Waals surface area contributed by atoms with Crippen molar-refractivity contribution >= 4 is 39.7 Å². The Morgan fingerprint density at radius 2 is 1.13 bits per heavy atom. The van der Waals surface area contributed by atoms with Gasteiger partial charge in [0.25, 0.3) is 0 Å². The maximum atomic E-state index is 9.92. The van der Waals surface area contributed by atoms with Crippen molar-refractivity contribution < 1.29 is 34.3 Å². The predicted molar refractivity (Wildman–Crippen MR) is 49.9 cm³/mol. The predicted octanol–water partition coefficient (Wildman–Crippen LogP) is -2.02. The molecule has 0 aliphatic heterocycles. The first-order valence-electron chi connectivity index (χ1n) is 2.90. The molecular weight excluding hydrogens is 247 g/mol. The van der Waals surface area contributed by atoms with E-state index in [2.05, 4.69) is 8.37 Å². The van der Waals surface area contributed by atoms with Crippen LogP contribution >= 0.6 is 0 Å². The summed E-state index contributed by atoms with van der Waals surface area (Å²) >= 11 is 0. The fourth-order valence-corrected chi connectivity index (χ4v) is 0.726. The van der Waals surface area contributed by atoms with Gasteiger partial charge in [0, 0.05) is 0 Å². The molecule has 0 spiro atoms. The zero-order valence-electron chi connectivity index (χ0n) is 6.57. The summed E-state index contributed by atoms with van der Waals surface area (Å²) in [6, 6.07) is 0. The summed E-state index contributed by atoms with van der Waals surface area (Å²) in [5.41, 5.74) is 0. The van der Waals surface area contributed by atoms with Gasteiger partial charge >= 0.3 is 39.7 Å².